The molecule has 2 N–H and O–H groups in total. The van der Waals surface area contributed by atoms with Crippen LogP contribution in [0.2, 0.25) is 0 Å². The molecular weight excluding hydrogens is 352 g/mol. The lowest BCUT2D eigenvalue weighted by Gasteiger charge is -2.16. The monoisotopic (exact) mass is 370 g/mol. The molecule has 2 unspecified atom stereocenters. The number of carboxylic acids is 1. The fourth-order valence-electron chi connectivity index (χ4n) is 2.68. The zero-order chi connectivity index (χ0) is 18.5. The van der Waals surface area contributed by atoms with Gasteiger partial charge in [0.1, 0.15) is 12.6 Å². The summed E-state index contributed by atoms with van der Waals surface area (Å²) in [4.78, 5) is 11.1. The summed E-state index contributed by atoms with van der Waals surface area (Å²) >= 11 is 1.55. The Hall–Kier alpha value is -2.69. The molecule has 3 rings (SSSR count). The van der Waals surface area contributed by atoms with E-state index in [1.165, 1.54) is 0 Å². The summed E-state index contributed by atoms with van der Waals surface area (Å²) in [6.45, 7) is 0.261. The Labute approximate surface area is 155 Å². The van der Waals surface area contributed by atoms with E-state index in [0.29, 0.717) is 22.8 Å². The SMILES string of the molecule is COc1cc(C2NC(C(=O)O)CS2)ccc1OCc1ccccc1C#N. The second kappa shape index (κ2) is 8.13. The van der Waals surface area contributed by atoms with E-state index in [0.717, 1.165) is 11.1 Å². The van der Waals surface area contributed by atoms with E-state index in [4.69, 9.17) is 19.8 Å². The standard InChI is InChI=1S/C19H18N2O4S/c1-24-17-8-12(18-21-15(11-26-18)19(22)23)6-7-16(17)25-10-14-5-3-2-4-13(14)9-20/h2-8,15,18,21H,10-11H2,1H3,(H,22,23). The second-order valence-electron chi connectivity index (χ2n) is 5.74. The van der Waals surface area contributed by atoms with Crippen molar-refractivity contribution < 1.29 is 19.4 Å². The normalized spacial score (nSPS) is 18.9. The lowest BCUT2D eigenvalue weighted by atomic mass is 10.1. The Kier molecular flexibility index (Phi) is 5.66. The molecule has 0 aliphatic carbocycles. The van der Waals surface area contributed by atoms with Crippen LogP contribution in [0, 0.1) is 11.3 Å². The van der Waals surface area contributed by atoms with Crippen LogP contribution < -0.4 is 14.8 Å². The number of methoxy groups -OCH3 is 1. The molecule has 6 nitrogen and oxygen atoms in total. The van der Waals surface area contributed by atoms with Crippen molar-refractivity contribution in [1.82, 2.24) is 5.32 Å². The first-order valence-electron chi connectivity index (χ1n) is 8.01. The van der Waals surface area contributed by atoms with Crippen molar-refractivity contribution in [2.24, 2.45) is 0 Å². The van der Waals surface area contributed by atoms with Gasteiger partial charge in [-0.1, -0.05) is 24.3 Å². The van der Waals surface area contributed by atoms with Gasteiger partial charge in [0, 0.05) is 11.3 Å². The van der Waals surface area contributed by atoms with Crippen molar-refractivity contribution in [2.45, 2.75) is 18.0 Å². The van der Waals surface area contributed by atoms with Crippen molar-refractivity contribution in [2.75, 3.05) is 12.9 Å². The van der Waals surface area contributed by atoms with Crippen molar-refractivity contribution >= 4 is 17.7 Å². The van der Waals surface area contributed by atoms with E-state index in [2.05, 4.69) is 11.4 Å². The van der Waals surface area contributed by atoms with Gasteiger partial charge in [-0.2, -0.15) is 5.26 Å². The van der Waals surface area contributed by atoms with Gasteiger partial charge in [-0.25, -0.2) is 0 Å². The molecule has 0 spiro atoms. The van der Waals surface area contributed by atoms with Gasteiger partial charge < -0.3 is 14.6 Å². The molecule has 0 saturated carbocycles. The number of rotatable bonds is 6. The van der Waals surface area contributed by atoms with Gasteiger partial charge >= 0.3 is 5.97 Å². The van der Waals surface area contributed by atoms with Crippen LogP contribution in [-0.2, 0) is 11.4 Å². The minimum absolute atomic E-state index is 0.0987. The van der Waals surface area contributed by atoms with Crippen LogP contribution in [0.4, 0.5) is 0 Å². The molecular formula is C19H18N2O4S. The zero-order valence-electron chi connectivity index (χ0n) is 14.1. The highest BCUT2D eigenvalue weighted by atomic mass is 32.2. The summed E-state index contributed by atoms with van der Waals surface area (Å²) in [5, 5.41) is 21.2. The van der Waals surface area contributed by atoms with E-state index in [1.807, 2.05) is 30.3 Å². The predicted octanol–water partition coefficient (Wildman–Crippen LogP) is 2.93. The smallest absolute Gasteiger partial charge is 0.321 e. The highest BCUT2D eigenvalue weighted by Crippen LogP contribution is 2.37. The molecule has 0 aromatic heterocycles. The molecule has 7 heteroatoms. The quantitative estimate of drug-likeness (QED) is 0.808. The number of ether oxygens (including phenoxy) is 2. The molecule has 2 atom stereocenters. The van der Waals surface area contributed by atoms with E-state index in [-0.39, 0.29) is 12.0 Å². The number of nitrogens with zero attached hydrogens (tertiary/aromatic N) is 1. The summed E-state index contributed by atoms with van der Waals surface area (Å²) in [7, 11) is 1.56. The third-order valence-electron chi connectivity index (χ3n) is 4.09. The van der Waals surface area contributed by atoms with Gasteiger partial charge in [0.05, 0.1) is 24.1 Å². The number of carboxylic acid groups (broad SMARTS) is 1. The van der Waals surface area contributed by atoms with Crippen LogP contribution in [0.25, 0.3) is 0 Å². The van der Waals surface area contributed by atoms with Gasteiger partial charge in [0.15, 0.2) is 11.5 Å². The molecule has 1 fully saturated rings. The lowest BCUT2D eigenvalue weighted by molar-refractivity contribution is -0.138. The highest BCUT2D eigenvalue weighted by molar-refractivity contribution is 7.99. The first kappa shape index (κ1) is 18.1. The number of nitriles is 1. The molecule has 1 aliphatic heterocycles. The average molecular weight is 370 g/mol. The fraction of sp³-hybridized carbons (Fsp3) is 0.263. The van der Waals surface area contributed by atoms with E-state index < -0.39 is 12.0 Å². The van der Waals surface area contributed by atoms with Crippen molar-refractivity contribution in [3.63, 3.8) is 0 Å². The predicted molar refractivity (Wildman–Crippen MR) is 98.2 cm³/mol. The largest absolute Gasteiger partial charge is 0.493 e. The number of hydrogen-bond acceptors (Lipinski definition) is 6. The highest BCUT2D eigenvalue weighted by Gasteiger charge is 2.30. The van der Waals surface area contributed by atoms with Crippen LogP contribution in [0.15, 0.2) is 42.5 Å². The van der Waals surface area contributed by atoms with Crippen LogP contribution in [-0.4, -0.2) is 30.0 Å². The topological polar surface area (TPSA) is 91.6 Å². The second-order valence-corrected chi connectivity index (χ2v) is 6.88. The minimum atomic E-state index is -0.844. The summed E-state index contributed by atoms with van der Waals surface area (Å²) < 4.78 is 11.3. The Bertz CT molecular complexity index is 850. The first-order chi connectivity index (χ1) is 12.6. The summed E-state index contributed by atoms with van der Waals surface area (Å²) in [5.74, 6) is 0.814. The molecule has 0 amide bonds. The molecule has 2 aromatic carbocycles. The number of thioether (sulfide) groups is 1. The van der Waals surface area contributed by atoms with Crippen LogP contribution in [0.1, 0.15) is 22.1 Å². The number of aliphatic carboxylic acids is 1. The maximum Gasteiger partial charge on any atom is 0.321 e. The molecule has 26 heavy (non-hydrogen) atoms. The summed E-state index contributed by atoms with van der Waals surface area (Å²) in [6, 6.07) is 14.4. The molecule has 1 saturated heterocycles. The summed E-state index contributed by atoms with van der Waals surface area (Å²) in [6.07, 6.45) is 0. The van der Waals surface area contributed by atoms with Gasteiger partial charge in [0.2, 0.25) is 0 Å². The zero-order valence-corrected chi connectivity index (χ0v) is 15.0. The van der Waals surface area contributed by atoms with Gasteiger partial charge in [-0.3, -0.25) is 10.1 Å². The number of carbonyl (C=O) groups is 1. The van der Waals surface area contributed by atoms with E-state index in [1.54, 1.807) is 31.0 Å². The maximum atomic E-state index is 11.1. The first-order valence-corrected chi connectivity index (χ1v) is 9.06. The van der Waals surface area contributed by atoms with Crippen LogP contribution in [0.3, 0.4) is 0 Å². The van der Waals surface area contributed by atoms with Crippen LogP contribution in [0.5, 0.6) is 11.5 Å². The molecule has 134 valence electrons. The maximum absolute atomic E-state index is 11.1. The number of nitrogens with one attached hydrogen (secondary N) is 1. The molecule has 2 aromatic rings. The molecule has 0 bridgehead atoms. The van der Waals surface area contributed by atoms with Crippen LogP contribution >= 0.6 is 11.8 Å². The minimum Gasteiger partial charge on any atom is -0.493 e. The average Bonchev–Trinajstić information content (AvgIpc) is 3.17. The molecule has 0 radical (unpaired) electrons. The fourth-order valence-corrected chi connectivity index (χ4v) is 3.91. The van der Waals surface area contributed by atoms with E-state index >= 15 is 0 Å². The van der Waals surface area contributed by atoms with E-state index in [9.17, 15) is 4.79 Å². The third kappa shape index (κ3) is 3.93. The van der Waals surface area contributed by atoms with Crippen molar-refractivity contribution in [3.05, 3.63) is 59.2 Å². The number of hydrogen-bond donors (Lipinski definition) is 2. The Balaban J connectivity index is 1.73. The van der Waals surface area contributed by atoms with Crippen molar-refractivity contribution in [3.8, 4) is 17.6 Å². The summed E-state index contributed by atoms with van der Waals surface area (Å²) in [5.41, 5.74) is 2.31. The Morgan fingerprint density at radius 3 is 2.85 bits per heavy atom. The van der Waals surface area contributed by atoms with Crippen molar-refractivity contribution in [1.29, 1.82) is 5.26 Å². The molecule has 1 aliphatic rings. The van der Waals surface area contributed by atoms with Gasteiger partial charge in [-0.05, 0) is 23.8 Å². The third-order valence-corrected chi connectivity index (χ3v) is 5.36. The number of benzene rings is 2. The molecule has 1 heterocycles. The lowest BCUT2D eigenvalue weighted by Crippen LogP contribution is -2.33. The van der Waals surface area contributed by atoms with Gasteiger partial charge in [0.25, 0.3) is 0 Å². The Morgan fingerprint density at radius 2 is 2.15 bits per heavy atom. The Morgan fingerprint density at radius 1 is 1.35 bits per heavy atom. The van der Waals surface area contributed by atoms with Gasteiger partial charge in [-0.15, -0.1) is 11.8 Å².